The van der Waals surface area contributed by atoms with Crippen molar-refractivity contribution in [3.63, 3.8) is 0 Å². The van der Waals surface area contributed by atoms with Crippen molar-refractivity contribution in [2.24, 2.45) is 5.41 Å². The molecule has 1 N–H and O–H groups in total. The van der Waals surface area contributed by atoms with Crippen molar-refractivity contribution in [3.8, 4) is 0 Å². The SMILES string of the molecule is CCC1(CO)CCCN(C(=O)C(=O)CCc2ccccc2)C1. The number of ketones is 1. The zero-order valence-corrected chi connectivity index (χ0v) is 13.3. The fourth-order valence-corrected chi connectivity index (χ4v) is 3.10. The average molecular weight is 303 g/mol. The minimum atomic E-state index is -0.387. The van der Waals surface area contributed by atoms with Crippen molar-refractivity contribution in [3.05, 3.63) is 35.9 Å². The van der Waals surface area contributed by atoms with Gasteiger partial charge in [-0.05, 0) is 31.2 Å². The Morgan fingerprint density at radius 1 is 1.27 bits per heavy atom. The lowest BCUT2D eigenvalue weighted by molar-refractivity contribution is -0.147. The van der Waals surface area contributed by atoms with Crippen molar-refractivity contribution >= 4 is 11.7 Å². The second-order valence-electron chi connectivity index (χ2n) is 6.25. The van der Waals surface area contributed by atoms with Gasteiger partial charge in [-0.15, -0.1) is 0 Å². The van der Waals surface area contributed by atoms with Crippen LogP contribution in [0.5, 0.6) is 0 Å². The quantitative estimate of drug-likeness (QED) is 0.820. The highest BCUT2D eigenvalue weighted by atomic mass is 16.3. The molecule has 0 bridgehead atoms. The molecule has 1 saturated heterocycles. The van der Waals surface area contributed by atoms with Gasteiger partial charge in [0.05, 0.1) is 6.61 Å². The number of piperidine rings is 1. The van der Waals surface area contributed by atoms with Gasteiger partial charge in [0.1, 0.15) is 0 Å². The summed E-state index contributed by atoms with van der Waals surface area (Å²) in [6.07, 6.45) is 3.44. The van der Waals surface area contributed by atoms with Crippen LogP contribution in [-0.4, -0.2) is 41.4 Å². The average Bonchev–Trinajstić information content (AvgIpc) is 2.59. The number of aryl methyl sites for hydroxylation is 1. The minimum absolute atomic E-state index is 0.0749. The molecule has 1 fully saturated rings. The molecule has 1 atom stereocenters. The summed E-state index contributed by atoms with van der Waals surface area (Å²) in [6.45, 7) is 3.22. The van der Waals surface area contributed by atoms with E-state index in [1.807, 2.05) is 37.3 Å². The molecule has 1 amide bonds. The van der Waals surface area contributed by atoms with Crippen molar-refractivity contribution in [2.75, 3.05) is 19.7 Å². The molecule has 22 heavy (non-hydrogen) atoms. The number of Topliss-reactive ketones (excluding diaryl/α,β-unsaturated/α-hetero) is 1. The number of aliphatic hydroxyl groups excluding tert-OH is 1. The molecule has 4 heteroatoms. The summed E-state index contributed by atoms with van der Waals surface area (Å²) in [5.74, 6) is -0.712. The summed E-state index contributed by atoms with van der Waals surface area (Å²) < 4.78 is 0. The smallest absolute Gasteiger partial charge is 0.289 e. The van der Waals surface area contributed by atoms with Crippen LogP contribution in [0.2, 0.25) is 0 Å². The van der Waals surface area contributed by atoms with Crippen LogP contribution in [-0.2, 0) is 16.0 Å². The van der Waals surface area contributed by atoms with Gasteiger partial charge in [0.25, 0.3) is 5.91 Å². The summed E-state index contributed by atoms with van der Waals surface area (Å²) in [5, 5.41) is 9.61. The Hall–Kier alpha value is -1.68. The van der Waals surface area contributed by atoms with E-state index in [-0.39, 0.29) is 30.1 Å². The van der Waals surface area contributed by atoms with Gasteiger partial charge in [-0.2, -0.15) is 0 Å². The molecule has 1 aliphatic heterocycles. The molecular weight excluding hydrogens is 278 g/mol. The number of amides is 1. The molecule has 0 aliphatic carbocycles. The van der Waals surface area contributed by atoms with Gasteiger partial charge in [0.15, 0.2) is 0 Å². The molecule has 1 unspecified atom stereocenters. The van der Waals surface area contributed by atoms with Crippen LogP contribution < -0.4 is 0 Å². The Balaban J connectivity index is 1.91. The first kappa shape index (κ1) is 16.7. The monoisotopic (exact) mass is 303 g/mol. The molecule has 2 rings (SSSR count). The fraction of sp³-hybridized carbons (Fsp3) is 0.556. The maximum absolute atomic E-state index is 12.3. The third kappa shape index (κ3) is 3.95. The standard InChI is InChI=1S/C18H25NO3/c1-2-18(14-20)11-6-12-19(13-18)17(22)16(21)10-9-15-7-4-3-5-8-15/h3-5,7-8,20H,2,6,9-14H2,1H3. The summed E-state index contributed by atoms with van der Waals surface area (Å²) in [4.78, 5) is 26.1. The Kier molecular flexibility index (Phi) is 5.72. The van der Waals surface area contributed by atoms with E-state index in [9.17, 15) is 14.7 Å². The molecule has 1 aromatic rings. The highest BCUT2D eigenvalue weighted by Gasteiger charge is 2.36. The van der Waals surface area contributed by atoms with Gasteiger partial charge in [0, 0.05) is 24.9 Å². The Labute approximate surface area is 132 Å². The second kappa shape index (κ2) is 7.54. The predicted molar refractivity (Wildman–Crippen MR) is 85.4 cm³/mol. The summed E-state index contributed by atoms with van der Waals surface area (Å²) in [5.41, 5.74) is 0.841. The Morgan fingerprint density at radius 3 is 2.64 bits per heavy atom. The van der Waals surface area contributed by atoms with Crippen molar-refractivity contribution in [1.29, 1.82) is 0 Å². The lowest BCUT2D eigenvalue weighted by Gasteiger charge is -2.41. The summed E-state index contributed by atoms with van der Waals surface area (Å²) >= 11 is 0. The maximum atomic E-state index is 12.3. The van der Waals surface area contributed by atoms with E-state index >= 15 is 0 Å². The molecule has 4 nitrogen and oxygen atoms in total. The maximum Gasteiger partial charge on any atom is 0.289 e. The third-order valence-corrected chi connectivity index (χ3v) is 4.76. The van der Waals surface area contributed by atoms with Gasteiger partial charge in [-0.25, -0.2) is 0 Å². The van der Waals surface area contributed by atoms with Crippen LogP contribution >= 0.6 is 0 Å². The Bertz CT molecular complexity index is 508. The van der Waals surface area contributed by atoms with Gasteiger partial charge < -0.3 is 10.0 Å². The molecule has 1 aromatic carbocycles. The van der Waals surface area contributed by atoms with E-state index in [0.29, 0.717) is 19.5 Å². The van der Waals surface area contributed by atoms with Crippen LogP contribution in [0.15, 0.2) is 30.3 Å². The highest BCUT2D eigenvalue weighted by Crippen LogP contribution is 2.32. The number of likely N-dealkylation sites (tertiary alicyclic amines) is 1. The molecule has 0 aromatic heterocycles. The van der Waals surface area contributed by atoms with Crippen LogP contribution in [0.3, 0.4) is 0 Å². The first-order valence-electron chi connectivity index (χ1n) is 8.07. The molecule has 1 aliphatic rings. The number of rotatable bonds is 6. The van der Waals surface area contributed by atoms with E-state index in [0.717, 1.165) is 24.8 Å². The van der Waals surface area contributed by atoms with Crippen LogP contribution in [0.4, 0.5) is 0 Å². The second-order valence-corrected chi connectivity index (χ2v) is 6.25. The molecule has 0 spiro atoms. The van der Waals surface area contributed by atoms with E-state index in [2.05, 4.69) is 0 Å². The first-order valence-corrected chi connectivity index (χ1v) is 8.07. The number of hydrogen-bond acceptors (Lipinski definition) is 3. The van der Waals surface area contributed by atoms with E-state index in [1.165, 1.54) is 0 Å². The van der Waals surface area contributed by atoms with Crippen LogP contribution in [0.1, 0.15) is 38.2 Å². The van der Waals surface area contributed by atoms with Crippen molar-refractivity contribution in [1.82, 2.24) is 4.90 Å². The number of carbonyl (C=O) groups excluding carboxylic acids is 2. The molecular formula is C18H25NO3. The number of carbonyl (C=O) groups is 2. The van der Waals surface area contributed by atoms with E-state index in [4.69, 9.17) is 0 Å². The van der Waals surface area contributed by atoms with Gasteiger partial charge >= 0.3 is 0 Å². The summed E-state index contributed by atoms with van der Waals surface area (Å²) in [6, 6.07) is 9.73. The largest absolute Gasteiger partial charge is 0.396 e. The fourth-order valence-electron chi connectivity index (χ4n) is 3.10. The topological polar surface area (TPSA) is 57.6 Å². The zero-order chi connectivity index (χ0) is 16.0. The van der Waals surface area contributed by atoms with Crippen LogP contribution in [0.25, 0.3) is 0 Å². The van der Waals surface area contributed by atoms with Gasteiger partial charge in [0.2, 0.25) is 5.78 Å². The lowest BCUT2D eigenvalue weighted by Crippen LogP contribution is -2.49. The third-order valence-electron chi connectivity index (χ3n) is 4.76. The number of nitrogens with zero attached hydrogens (tertiary/aromatic N) is 1. The van der Waals surface area contributed by atoms with E-state index < -0.39 is 0 Å². The highest BCUT2D eigenvalue weighted by molar-refractivity contribution is 6.36. The summed E-state index contributed by atoms with van der Waals surface area (Å²) in [7, 11) is 0. The number of aliphatic hydroxyl groups is 1. The van der Waals surface area contributed by atoms with Gasteiger partial charge in [-0.3, -0.25) is 9.59 Å². The van der Waals surface area contributed by atoms with Crippen LogP contribution in [0, 0.1) is 5.41 Å². The minimum Gasteiger partial charge on any atom is -0.396 e. The molecule has 0 radical (unpaired) electrons. The van der Waals surface area contributed by atoms with Gasteiger partial charge in [-0.1, -0.05) is 37.3 Å². The van der Waals surface area contributed by atoms with Crippen molar-refractivity contribution in [2.45, 2.75) is 39.0 Å². The first-order chi connectivity index (χ1) is 10.6. The zero-order valence-electron chi connectivity index (χ0n) is 13.3. The molecule has 1 heterocycles. The predicted octanol–water partition coefficient (Wildman–Crippen LogP) is 2.20. The number of hydrogen-bond donors (Lipinski definition) is 1. The lowest BCUT2D eigenvalue weighted by atomic mass is 9.78. The normalized spacial score (nSPS) is 21.6. The van der Waals surface area contributed by atoms with E-state index in [1.54, 1.807) is 4.90 Å². The molecule has 120 valence electrons. The number of benzene rings is 1. The Morgan fingerprint density at radius 2 is 2.00 bits per heavy atom. The molecule has 0 saturated carbocycles. The van der Waals surface area contributed by atoms with Crippen molar-refractivity contribution < 1.29 is 14.7 Å².